The Kier molecular flexibility index (Phi) is 4.49. The van der Waals surface area contributed by atoms with Crippen molar-refractivity contribution in [2.45, 2.75) is 37.6 Å². The van der Waals surface area contributed by atoms with Crippen molar-refractivity contribution >= 4 is 0 Å². The standard InChI is InChI=1S/C16H24N2O/c1-2-6-14(7-3-1)15-8-4-5-9-16(15)17-18-10-12-19-13-11-18/h1-3,6-7,15-17H,4-5,8-13H2. The third-order valence-electron chi connectivity index (χ3n) is 4.35. The summed E-state index contributed by atoms with van der Waals surface area (Å²) < 4.78 is 5.42. The maximum absolute atomic E-state index is 5.42. The van der Waals surface area contributed by atoms with Crippen LogP contribution in [0.5, 0.6) is 0 Å². The number of hydrogen-bond donors (Lipinski definition) is 1. The first-order valence-electron chi connectivity index (χ1n) is 7.57. The molecule has 3 nitrogen and oxygen atoms in total. The Balaban J connectivity index is 1.66. The number of hydrazine groups is 1. The van der Waals surface area contributed by atoms with Crippen molar-refractivity contribution in [1.82, 2.24) is 10.4 Å². The average Bonchev–Trinajstić information content (AvgIpc) is 2.50. The van der Waals surface area contributed by atoms with E-state index in [0.29, 0.717) is 12.0 Å². The molecule has 104 valence electrons. The number of ether oxygens (including phenoxy) is 1. The van der Waals surface area contributed by atoms with E-state index in [1.807, 2.05) is 0 Å². The van der Waals surface area contributed by atoms with Crippen molar-refractivity contribution in [3.63, 3.8) is 0 Å². The molecule has 1 aliphatic heterocycles. The highest BCUT2D eigenvalue weighted by atomic mass is 16.5. The maximum atomic E-state index is 5.42. The van der Waals surface area contributed by atoms with E-state index in [-0.39, 0.29) is 0 Å². The number of nitrogens with one attached hydrogen (secondary N) is 1. The largest absolute Gasteiger partial charge is 0.379 e. The fourth-order valence-electron chi connectivity index (χ4n) is 3.31. The van der Waals surface area contributed by atoms with E-state index in [0.717, 1.165) is 26.3 Å². The van der Waals surface area contributed by atoms with Crippen LogP contribution in [0, 0.1) is 0 Å². The predicted octanol–water partition coefficient (Wildman–Crippen LogP) is 2.55. The van der Waals surface area contributed by atoms with Crippen LogP contribution < -0.4 is 5.43 Å². The zero-order valence-corrected chi connectivity index (χ0v) is 11.6. The first-order chi connectivity index (χ1) is 9.43. The summed E-state index contributed by atoms with van der Waals surface area (Å²) in [5.41, 5.74) is 5.25. The van der Waals surface area contributed by atoms with Gasteiger partial charge < -0.3 is 4.74 Å². The van der Waals surface area contributed by atoms with Crippen LogP contribution >= 0.6 is 0 Å². The summed E-state index contributed by atoms with van der Waals surface area (Å²) in [6, 6.07) is 11.6. The Bertz CT molecular complexity index is 376. The third-order valence-corrected chi connectivity index (χ3v) is 4.35. The van der Waals surface area contributed by atoms with Crippen LogP contribution in [0.4, 0.5) is 0 Å². The van der Waals surface area contributed by atoms with Gasteiger partial charge in [-0.2, -0.15) is 0 Å². The highest BCUT2D eigenvalue weighted by molar-refractivity contribution is 5.21. The fraction of sp³-hybridized carbons (Fsp3) is 0.625. The van der Waals surface area contributed by atoms with Gasteiger partial charge >= 0.3 is 0 Å². The van der Waals surface area contributed by atoms with Crippen molar-refractivity contribution < 1.29 is 4.74 Å². The number of rotatable bonds is 3. The van der Waals surface area contributed by atoms with E-state index in [9.17, 15) is 0 Å². The SMILES string of the molecule is c1ccc(C2CCCCC2NN2CCOCC2)cc1. The van der Waals surface area contributed by atoms with Crippen LogP contribution in [-0.2, 0) is 4.74 Å². The molecule has 2 fully saturated rings. The molecule has 3 heteroatoms. The molecule has 0 radical (unpaired) electrons. The first-order valence-corrected chi connectivity index (χ1v) is 7.57. The van der Waals surface area contributed by atoms with Crippen LogP contribution in [-0.4, -0.2) is 37.4 Å². The van der Waals surface area contributed by atoms with Crippen LogP contribution in [0.3, 0.4) is 0 Å². The number of nitrogens with zero attached hydrogens (tertiary/aromatic N) is 1. The van der Waals surface area contributed by atoms with Gasteiger partial charge in [-0.05, 0) is 18.4 Å². The molecule has 1 saturated heterocycles. The Labute approximate surface area is 115 Å². The summed E-state index contributed by atoms with van der Waals surface area (Å²) in [5.74, 6) is 0.665. The molecule has 2 unspecified atom stereocenters. The Morgan fingerprint density at radius 3 is 2.53 bits per heavy atom. The monoisotopic (exact) mass is 260 g/mol. The van der Waals surface area contributed by atoms with Gasteiger partial charge in [0, 0.05) is 25.0 Å². The maximum Gasteiger partial charge on any atom is 0.0608 e. The van der Waals surface area contributed by atoms with Gasteiger partial charge in [0.15, 0.2) is 0 Å². The van der Waals surface area contributed by atoms with Gasteiger partial charge in [-0.15, -0.1) is 0 Å². The van der Waals surface area contributed by atoms with Crippen molar-refractivity contribution in [1.29, 1.82) is 0 Å². The Morgan fingerprint density at radius 1 is 1.00 bits per heavy atom. The van der Waals surface area contributed by atoms with E-state index in [1.165, 1.54) is 31.2 Å². The van der Waals surface area contributed by atoms with Crippen LogP contribution in [0.2, 0.25) is 0 Å². The lowest BCUT2D eigenvalue weighted by Gasteiger charge is -2.38. The number of benzene rings is 1. The second kappa shape index (κ2) is 6.51. The molecule has 1 aliphatic carbocycles. The molecule has 2 aliphatic rings. The Hall–Kier alpha value is -0.900. The lowest BCUT2D eigenvalue weighted by atomic mass is 9.80. The molecular weight excluding hydrogens is 236 g/mol. The summed E-state index contributed by atoms with van der Waals surface area (Å²) in [5, 5.41) is 2.36. The Morgan fingerprint density at radius 2 is 1.74 bits per heavy atom. The molecule has 1 N–H and O–H groups in total. The predicted molar refractivity (Wildman–Crippen MR) is 77.0 cm³/mol. The minimum Gasteiger partial charge on any atom is -0.379 e. The number of morpholine rings is 1. The quantitative estimate of drug-likeness (QED) is 0.904. The number of hydrogen-bond acceptors (Lipinski definition) is 3. The summed E-state index contributed by atoms with van der Waals surface area (Å²) in [6.45, 7) is 3.74. The molecule has 1 aromatic carbocycles. The fourth-order valence-corrected chi connectivity index (χ4v) is 3.31. The van der Waals surface area contributed by atoms with Crippen LogP contribution in [0.1, 0.15) is 37.2 Å². The summed E-state index contributed by atoms with van der Waals surface area (Å²) in [4.78, 5) is 0. The zero-order chi connectivity index (χ0) is 12.9. The lowest BCUT2D eigenvalue weighted by molar-refractivity contribution is -0.00198. The smallest absolute Gasteiger partial charge is 0.0608 e. The molecule has 0 amide bonds. The van der Waals surface area contributed by atoms with Crippen molar-refractivity contribution in [2.75, 3.05) is 26.3 Å². The second-order valence-corrected chi connectivity index (χ2v) is 5.64. The van der Waals surface area contributed by atoms with Crippen molar-refractivity contribution in [3.8, 4) is 0 Å². The van der Waals surface area contributed by atoms with E-state index in [1.54, 1.807) is 0 Å². The van der Waals surface area contributed by atoms with Gasteiger partial charge in [-0.3, -0.25) is 5.43 Å². The van der Waals surface area contributed by atoms with Gasteiger partial charge in [0.05, 0.1) is 13.2 Å². The lowest BCUT2D eigenvalue weighted by Crippen LogP contribution is -2.52. The van der Waals surface area contributed by atoms with Gasteiger partial charge in [0.2, 0.25) is 0 Å². The molecule has 1 saturated carbocycles. The van der Waals surface area contributed by atoms with Gasteiger partial charge in [0.1, 0.15) is 0 Å². The molecule has 2 atom stereocenters. The van der Waals surface area contributed by atoms with E-state index in [2.05, 4.69) is 40.8 Å². The molecule has 0 bridgehead atoms. The van der Waals surface area contributed by atoms with Crippen molar-refractivity contribution in [2.24, 2.45) is 0 Å². The molecule has 19 heavy (non-hydrogen) atoms. The first kappa shape index (κ1) is 13.1. The summed E-state index contributed by atoms with van der Waals surface area (Å²) in [7, 11) is 0. The minimum absolute atomic E-state index is 0.592. The third kappa shape index (κ3) is 3.35. The van der Waals surface area contributed by atoms with Crippen LogP contribution in [0.15, 0.2) is 30.3 Å². The molecule has 1 heterocycles. The van der Waals surface area contributed by atoms with E-state index in [4.69, 9.17) is 4.74 Å². The zero-order valence-electron chi connectivity index (χ0n) is 11.6. The van der Waals surface area contributed by atoms with Gasteiger partial charge in [-0.1, -0.05) is 43.2 Å². The average molecular weight is 260 g/mol. The van der Waals surface area contributed by atoms with Gasteiger partial charge in [-0.25, -0.2) is 5.01 Å². The topological polar surface area (TPSA) is 24.5 Å². The summed E-state index contributed by atoms with van der Waals surface area (Å²) >= 11 is 0. The van der Waals surface area contributed by atoms with Gasteiger partial charge in [0.25, 0.3) is 0 Å². The highest BCUT2D eigenvalue weighted by Crippen LogP contribution is 2.33. The van der Waals surface area contributed by atoms with E-state index >= 15 is 0 Å². The molecule has 1 aromatic rings. The molecular formula is C16H24N2O. The molecule has 3 rings (SSSR count). The minimum atomic E-state index is 0.592. The highest BCUT2D eigenvalue weighted by Gasteiger charge is 2.28. The molecule has 0 aromatic heterocycles. The normalized spacial score (nSPS) is 29.3. The van der Waals surface area contributed by atoms with Crippen molar-refractivity contribution in [3.05, 3.63) is 35.9 Å². The molecule has 0 spiro atoms. The van der Waals surface area contributed by atoms with Crippen LogP contribution in [0.25, 0.3) is 0 Å². The summed E-state index contributed by atoms with van der Waals surface area (Å²) in [6.07, 6.45) is 5.31. The van der Waals surface area contributed by atoms with E-state index < -0.39 is 0 Å². The second-order valence-electron chi connectivity index (χ2n) is 5.64.